The number of sulfonamides is 1. The molecule has 7 nitrogen and oxygen atoms in total. The number of amides is 1. The second-order valence-corrected chi connectivity index (χ2v) is 9.25. The van der Waals surface area contributed by atoms with E-state index in [-0.39, 0.29) is 16.8 Å². The van der Waals surface area contributed by atoms with E-state index in [1.54, 1.807) is 12.1 Å². The first-order valence-corrected chi connectivity index (χ1v) is 11.8. The lowest BCUT2D eigenvalue weighted by atomic mass is 10.0. The van der Waals surface area contributed by atoms with Crippen molar-refractivity contribution in [2.24, 2.45) is 5.14 Å². The number of rotatable bonds is 5. The van der Waals surface area contributed by atoms with Crippen LogP contribution in [-0.4, -0.2) is 39.0 Å². The Labute approximate surface area is 176 Å². The third-order valence-corrected chi connectivity index (χ3v) is 6.54. The molecule has 0 aliphatic carbocycles. The molecule has 0 saturated carbocycles. The Balaban J connectivity index is 1.42. The van der Waals surface area contributed by atoms with Crippen LogP contribution in [0.4, 0.5) is 0 Å². The van der Waals surface area contributed by atoms with E-state index in [2.05, 4.69) is 0 Å². The van der Waals surface area contributed by atoms with Crippen molar-refractivity contribution in [1.29, 1.82) is 0 Å². The molecule has 0 aromatic heterocycles. The van der Waals surface area contributed by atoms with Gasteiger partial charge in [0, 0.05) is 19.4 Å². The fraction of sp³-hybridized carbons (Fsp3) is 0.409. The molecule has 0 bridgehead atoms. The molecule has 2 aliphatic rings. The molecule has 0 radical (unpaired) electrons. The molecule has 2 N–H and O–H groups in total. The number of nitrogens with zero attached hydrogens (tertiary/aromatic N) is 1. The van der Waals surface area contributed by atoms with Crippen LogP contribution in [0.1, 0.15) is 42.9 Å². The molecular weight excluding hydrogens is 404 g/mol. The summed E-state index contributed by atoms with van der Waals surface area (Å²) in [6, 6.07) is 12.4. The Bertz CT molecular complexity index is 1020. The fourth-order valence-electron chi connectivity index (χ4n) is 4.04. The van der Waals surface area contributed by atoms with Gasteiger partial charge >= 0.3 is 0 Å². The fourth-order valence-corrected chi connectivity index (χ4v) is 4.56. The number of hydrogen-bond donors (Lipinski definition) is 1. The van der Waals surface area contributed by atoms with Gasteiger partial charge in [-0.2, -0.15) is 0 Å². The van der Waals surface area contributed by atoms with E-state index in [9.17, 15) is 13.2 Å². The van der Waals surface area contributed by atoms with Crippen molar-refractivity contribution < 1.29 is 22.7 Å². The smallest absolute Gasteiger partial charge is 0.238 e. The predicted octanol–water partition coefficient (Wildman–Crippen LogP) is 2.79. The standard InChI is InChI=1S/C22H26N2O5S/c23-30(26,27)18-8-4-16(5-9-18)6-11-22(25)24-12-1-3-19(24)17-7-10-20-21(15-17)29-14-2-13-28-20/h4-5,7-10,15,19H,1-3,6,11-14H2,(H2,23,26,27). The van der Waals surface area contributed by atoms with Gasteiger partial charge in [-0.3, -0.25) is 4.79 Å². The Morgan fingerprint density at radius 1 is 1.03 bits per heavy atom. The summed E-state index contributed by atoms with van der Waals surface area (Å²) in [5.41, 5.74) is 1.98. The maximum absolute atomic E-state index is 12.9. The molecule has 2 aliphatic heterocycles. The Kier molecular flexibility index (Phi) is 5.97. The van der Waals surface area contributed by atoms with Crippen LogP contribution in [0.3, 0.4) is 0 Å². The molecule has 1 fully saturated rings. The molecule has 2 aromatic carbocycles. The van der Waals surface area contributed by atoms with Crippen LogP contribution < -0.4 is 14.6 Å². The number of benzene rings is 2. The highest BCUT2D eigenvalue weighted by atomic mass is 32.2. The highest BCUT2D eigenvalue weighted by molar-refractivity contribution is 7.89. The summed E-state index contributed by atoms with van der Waals surface area (Å²) < 4.78 is 34.2. The lowest BCUT2D eigenvalue weighted by Crippen LogP contribution is -2.30. The largest absolute Gasteiger partial charge is 0.490 e. The Morgan fingerprint density at radius 3 is 2.50 bits per heavy atom. The summed E-state index contributed by atoms with van der Waals surface area (Å²) in [7, 11) is -3.71. The lowest BCUT2D eigenvalue weighted by molar-refractivity contribution is -0.132. The molecular formula is C22H26N2O5S. The number of likely N-dealkylation sites (tertiary alicyclic amines) is 1. The van der Waals surface area contributed by atoms with Crippen molar-refractivity contribution in [1.82, 2.24) is 4.90 Å². The number of carbonyl (C=O) groups is 1. The maximum atomic E-state index is 12.9. The SMILES string of the molecule is NS(=O)(=O)c1ccc(CCC(=O)N2CCCC2c2ccc3c(c2)OCCCO3)cc1. The van der Waals surface area contributed by atoms with E-state index in [0.717, 1.165) is 48.4 Å². The summed E-state index contributed by atoms with van der Waals surface area (Å²) in [6.45, 7) is 2.02. The van der Waals surface area contributed by atoms with E-state index in [4.69, 9.17) is 14.6 Å². The molecule has 1 atom stereocenters. The van der Waals surface area contributed by atoms with E-state index >= 15 is 0 Å². The topological polar surface area (TPSA) is 98.9 Å². The highest BCUT2D eigenvalue weighted by Gasteiger charge is 2.30. The average Bonchev–Trinajstić information content (AvgIpc) is 3.10. The van der Waals surface area contributed by atoms with Crippen LogP contribution >= 0.6 is 0 Å². The minimum absolute atomic E-state index is 0.0411. The second-order valence-electron chi connectivity index (χ2n) is 7.69. The molecule has 0 spiro atoms. The number of fused-ring (bicyclic) bond motifs is 1. The Hall–Kier alpha value is -2.58. The minimum Gasteiger partial charge on any atom is -0.490 e. The molecule has 4 rings (SSSR count). The highest BCUT2D eigenvalue weighted by Crippen LogP contribution is 2.38. The van der Waals surface area contributed by atoms with Crippen LogP contribution in [-0.2, 0) is 21.2 Å². The van der Waals surface area contributed by atoms with Crippen LogP contribution in [0, 0.1) is 0 Å². The third kappa shape index (κ3) is 4.60. The summed E-state index contributed by atoms with van der Waals surface area (Å²) >= 11 is 0. The van der Waals surface area contributed by atoms with E-state index < -0.39 is 10.0 Å². The van der Waals surface area contributed by atoms with Gasteiger partial charge in [-0.25, -0.2) is 13.6 Å². The van der Waals surface area contributed by atoms with Crippen molar-refractivity contribution in [3.63, 3.8) is 0 Å². The zero-order valence-corrected chi connectivity index (χ0v) is 17.6. The third-order valence-electron chi connectivity index (χ3n) is 5.61. The predicted molar refractivity (Wildman–Crippen MR) is 112 cm³/mol. The summed E-state index contributed by atoms with van der Waals surface area (Å²) in [6.07, 6.45) is 3.67. The summed E-state index contributed by atoms with van der Waals surface area (Å²) in [5.74, 6) is 1.61. The number of hydrogen-bond acceptors (Lipinski definition) is 5. The first-order valence-electron chi connectivity index (χ1n) is 10.2. The quantitative estimate of drug-likeness (QED) is 0.786. The van der Waals surface area contributed by atoms with E-state index in [1.807, 2.05) is 23.1 Å². The molecule has 2 aromatic rings. The zero-order valence-electron chi connectivity index (χ0n) is 16.7. The average molecular weight is 431 g/mol. The number of primary sulfonamides is 1. The van der Waals surface area contributed by atoms with Gasteiger partial charge in [0.25, 0.3) is 0 Å². The van der Waals surface area contributed by atoms with Gasteiger partial charge < -0.3 is 14.4 Å². The van der Waals surface area contributed by atoms with Crippen molar-refractivity contribution in [3.05, 3.63) is 53.6 Å². The molecule has 30 heavy (non-hydrogen) atoms. The van der Waals surface area contributed by atoms with Crippen molar-refractivity contribution >= 4 is 15.9 Å². The van der Waals surface area contributed by atoms with Crippen LogP contribution in [0.2, 0.25) is 0 Å². The van der Waals surface area contributed by atoms with Gasteiger partial charge in [-0.05, 0) is 54.7 Å². The van der Waals surface area contributed by atoms with Gasteiger partial charge in [-0.15, -0.1) is 0 Å². The molecule has 2 heterocycles. The molecule has 1 unspecified atom stereocenters. The van der Waals surface area contributed by atoms with Crippen molar-refractivity contribution in [2.45, 2.75) is 43.0 Å². The van der Waals surface area contributed by atoms with E-state index in [1.165, 1.54) is 12.1 Å². The lowest BCUT2D eigenvalue weighted by Gasteiger charge is -2.26. The minimum atomic E-state index is -3.71. The van der Waals surface area contributed by atoms with Crippen molar-refractivity contribution in [3.8, 4) is 11.5 Å². The van der Waals surface area contributed by atoms with Gasteiger partial charge in [0.2, 0.25) is 15.9 Å². The first kappa shape index (κ1) is 20.7. The van der Waals surface area contributed by atoms with Crippen LogP contribution in [0.15, 0.2) is 47.4 Å². The van der Waals surface area contributed by atoms with Gasteiger partial charge in [-0.1, -0.05) is 18.2 Å². The second kappa shape index (κ2) is 8.65. The number of nitrogens with two attached hydrogens (primary N) is 1. The van der Waals surface area contributed by atoms with Gasteiger partial charge in [0.1, 0.15) is 0 Å². The molecule has 8 heteroatoms. The molecule has 160 valence electrons. The molecule has 1 saturated heterocycles. The van der Waals surface area contributed by atoms with Crippen LogP contribution in [0.25, 0.3) is 0 Å². The monoisotopic (exact) mass is 430 g/mol. The summed E-state index contributed by atoms with van der Waals surface area (Å²) in [4.78, 5) is 14.9. The normalized spacial score (nSPS) is 18.8. The van der Waals surface area contributed by atoms with Gasteiger partial charge in [0.15, 0.2) is 11.5 Å². The number of aryl methyl sites for hydroxylation is 1. The first-order chi connectivity index (χ1) is 14.4. The molecule has 1 amide bonds. The number of ether oxygens (including phenoxy) is 2. The van der Waals surface area contributed by atoms with Crippen molar-refractivity contribution in [2.75, 3.05) is 19.8 Å². The van der Waals surface area contributed by atoms with Gasteiger partial charge in [0.05, 0.1) is 24.2 Å². The zero-order chi connectivity index (χ0) is 21.1. The summed E-state index contributed by atoms with van der Waals surface area (Å²) in [5, 5.41) is 5.13. The maximum Gasteiger partial charge on any atom is 0.238 e. The van der Waals surface area contributed by atoms with Crippen LogP contribution in [0.5, 0.6) is 11.5 Å². The Morgan fingerprint density at radius 2 is 1.77 bits per heavy atom. The number of carbonyl (C=O) groups excluding carboxylic acids is 1. The van der Waals surface area contributed by atoms with E-state index in [0.29, 0.717) is 26.1 Å².